The summed E-state index contributed by atoms with van der Waals surface area (Å²) < 4.78 is 0. The zero-order chi connectivity index (χ0) is 12.1. The Morgan fingerprint density at radius 3 is 2.94 bits per heavy atom. The van der Waals surface area contributed by atoms with Crippen molar-refractivity contribution < 1.29 is 0 Å². The summed E-state index contributed by atoms with van der Waals surface area (Å²) in [5.41, 5.74) is 0.468. The molecule has 1 N–H and O–H groups in total. The van der Waals surface area contributed by atoms with Crippen LogP contribution in [0.2, 0.25) is 0 Å². The maximum Gasteiger partial charge on any atom is 0.0309 e. The molecule has 1 aliphatic carbocycles. The molecule has 2 fully saturated rings. The van der Waals surface area contributed by atoms with Crippen LogP contribution in [0.15, 0.2) is 12.7 Å². The van der Waals surface area contributed by atoms with E-state index in [0.29, 0.717) is 11.6 Å². The van der Waals surface area contributed by atoms with Gasteiger partial charge in [-0.05, 0) is 19.8 Å². The van der Waals surface area contributed by atoms with Crippen LogP contribution in [0, 0.1) is 0 Å². The standard InChI is InChI=1S/C14H26N2S/c1-3-9-17-10-8-16-12-14(6-4-5-7-14)15-11-13(16)2/h3,13,15H,1,4-12H2,2H3. The maximum atomic E-state index is 3.81. The van der Waals surface area contributed by atoms with Gasteiger partial charge in [0.25, 0.3) is 0 Å². The minimum absolute atomic E-state index is 0.468. The van der Waals surface area contributed by atoms with Gasteiger partial charge >= 0.3 is 0 Å². The van der Waals surface area contributed by atoms with Gasteiger partial charge in [-0.3, -0.25) is 4.90 Å². The number of nitrogens with one attached hydrogen (secondary N) is 1. The van der Waals surface area contributed by atoms with E-state index in [1.54, 1.807) is 0 Å². The smallest absolute Gasteiger partial charge is 0.0309 e. The van der Waals surface area contributed by atoms with Gasteiger partial charge in [-0.2, -0.15) is 11.8 Å². The second kappa shape index (κ2) is 6.26. The van der Waals surface area contributed by atoms with Crippen LogP contribution in [-0.2, 0) is 0 Å². The van der Waals surface area contributed by atoms with Crippen LogP contribution in [0.4, 0.5) is 0 Å². The van der Waals surface area contributed by atoms with E-state index >= 15 is 0 Å². The first-order valence-electron chi connectivity index (χ1n) is 6.93. The van der Waals surface area contributed by atoms with Crippen molar-refractivity contribution in [3.63, 3.8) is 0 Å². The molecular formula is C14H26N2S. The van der Waals surface area contributed by atoms with Crippen molar-refractivity contribution in [1.82, 2.24) is 10.2 Å². The lowest BCUT2D eigenvalue weighted by atomic mass is 9.93. The molecule has 1 unspecified atom stereocenters. The average Bonchev–Trinajstić information content (AvgIpc) is 2.78. The molecule has 0 aromatic heterocycles. The summed E-state index contributed by atoms with van der Waals surface area (Å²) in [6.07, 6.45) is 7.61. The highest BCUT2D eigenvalue weighted by Gasteiger charge is 2.39. The summed E-state index contributed by atoms with van der Waals surface area (Å²) in [4.78, 5) is 2.69. The molecule has 1 aliphatic heterocycles. The third kappa shape index (κ3) is 3.49. The number of nitrogens with zero attached hydrogens (tertiary/aromatic N) is 1. The Labute approximate surface area is 110 Å². The lowest BCUT2D eigenvalue weighted by Gasteiger charge is -2.45. The highest BCUT2D eigenvalue weighted by atomic mass is 32.2. The Hall–Kier alpha value is 0.01000. The first kappa shape index (κ1) is 13.4. The number of hydrogen-bond acceptors (Lipinski definition) is 3. The molecule has 1 spiro atoms. The monoisotopic (exact) mass is 254 g/mol. The third-order valence-electron chi connectivity index (χ3n) is 4.22. The summed E-state index contributed by atoms with van der Waals surface area (Å²) in [6, 6.07) is 0.700. The van der Waals surface area contributed by atoms with Crippen molar-refractivity contribution in [2.75, 3.05) is 31.1 Å². The third-order valence-corrected chi connectivity index (χ3v) is 5.16. The van der Waals surface area contributed by atoms with Gasteiger partial charge in [0.05, 0.1) is 0 Å². The number of rotatable bonds is 5. The molecule has 0 aromatic rings. The minimum atomic E-state index is 0.468. The molecule has 1 atom stereocenters. The molecule has 1 saturated carbocycles. The van der Waals surface area contributed by atoms with Gasteiger partial charge in [0.2, 0.25) is 0 Å². The van der Waals surface area contributed by atoms with Crippen LogP contribution < -0.4 is 5.32 Å². The van der Waals surface area contributed by atoms with Crippen LogP contribution >= 0.6 is 11.8 Å². The molecule has 2 nitrogen and oxygen atoms in total. The first-order valence-corrected chi connectivity index (χ1v) is 8.09. The Morgan fingerprint density at radius 1 is 1.47 bits per heavy atom. The second-order valence-electron chi connectivity index (χ2n) is 5.55. The minimum Gasteiger partial charge on any atom is -0.308 e. The molecule has 0 aromatic carbocycles. The number of hydrogen-bond donors (Lipinski definition) is 1. The van der Waals surface area contributed by atoms with Gasteiger partial charge in [-0.1, -0.05) is 18.9 Å². The van der Waals surface area contributed by atoms with Gasteiger partial charge in [0.15, 0.2) is 0 Å². The molecule has 2 aliphatic rings. The molecule has 0 amide bonds. The fourth-order valence-corrected chi connectivity index (χ4v) is 3.83. The first-order chi connectivity index (χ1) is 8.26. The van der Waals surface area contributed by atoms with Gasteiger partial charge in [-0.25, -0.2) is 0 Å². The normalized spacial score (nSPS) is 28.6. The Kier molecular flexibility index (Phi) is 4.95. The van der Waals surface area contributed by atoms with Gasteiger partial charge in [0.1, 0.15) is 0 Å². The van der Waals surface area contributed by atoms with Crippen LogP contribution in [-0.4, -0.2) is 47.6 Å². The molecule has 1 saturated heterocycles. The zero-order valence-corrected chi connectivity index (χ0v) is 11.9. The zero-order valence-electron chi connectivity index (χ0n) is 11.1. The Balaban J connectivity index is 1.80. The molecule has 0 bridgehead atoms. The van der Waals surface area contributed by atoms with E-state index in [2.05, 4.69) is 23.7 Å². The molecule has 0 radical (unpaired) electrons. The Bertz CT molecular complexity index is 249. The summed E-state index contributed by atoms with van der Waals surface area (Å²) >= 11 is 2.00. The van der Waals surface area contributed by atoms with E-state index in [9.17, 15) is 0 Å². The van der Waals surface area contributed by atoms with E-state index < -0.39 is 0 Å². The van der Waals surface area contributed by atoms with Gasteiger partial charge in [0, 0.05) is 42.7 Å². The van der Waals surface area contributed by atoms with Crippen LogP contribution in [0.5, 0.6) is 0 Å². The summed E-state index contributed by atoms with van der Waals surface area (Å²) in [5.74, 6) is 2.33. The van der Waals surface area contributed by atoms with Crippen molar-refractivity contribution in [3.05, 3.63) is 12.7 Å². The fraction of sp³-hybridized carbons (Fsp3) is 0.857. The van der Waals surface area contributed by atoms with Crippen LogP contribution in [0.3, 0.4) is 0 Å². The lowest BCUT2D eigenvalue weighted by molar-refractivity contribution is 0.0955. The van der Waals surface area contributed by atoms with E-state index in [4.69, 9.17) is 0 Å². The number of piperazine rings is 1. The van der Waals surface area contributed by atoms with Crippen molar-refractivity contribution >= 4 is 11.8 Å². The van der Waals surface area contributed by atoms with Crippen LogP contribution in [0.25, 0.3) is 0 Å². The molecular weight excluding hydrogens is 228 g/mol. The lowest BCUT2D eigenvalue weighted by Crippen LogP contribution is -2.62. The maximum absolute atomic E-state index is 3.81. The molecule has 98 valence electrons. The van der Waals surface area contributed by atoms with E-state index in [0.717, 1.165) is 5.75 Å². The van der Waals surface area contributed by atoms with Gasteiger partial charge < -0.3 is 5.32 Å². The molecule has 3 heteroatoms. The summed E-state index contributed by atoms with van der Waals surface area (Å²) in [5, 5.41) is 3.81. The topological polar surface area (TPSA) is 15.3 Å². The second-order valence-corrected chi connectivity index (χ2v) is 6.70. The average molecular weight is 254 g/mol. The van der Waals surface area contributed by atoms with Crippen molar-refractivity contribution in [1.29, 1.82) is 0 Å². The van der Waals surface area contributed by atoms with Crippen molar-refractivity contribution in [3.8, 4) is 0 Å². The van der Waals surface area contributed by atoms with Crippen LogP contribution in [0.1, 0.15) is 32.6 Å². The van der Waals surface area contributed by atoms with Gasteiger partial charge in [-0.15, -0.1) is 6.58 Å². The highest BCUT2D eigenvalue weighted by molar-refractivity contribution is 7.99. The predicted octanol–water partition coefficient (Wildman–Crippen LogP) is 2.51. The quantitative estimate of drug-likeness (QED) is 0.599. The SMILES string of the molecule is C=CCSCCN1CC2(CCCC2)NCC1C. The van der Waals surface area contributed by atoms with E-state index in [-0.39, 0.29) is 0 Å². The fourth-order valence-electron chi connectivity index (χ4n) is 3.13. The van der Waals surface area contributed by atoms with Crippen molar-refractivity contribution in [2.24, 2.45) is 0 Å². The predicted molar refractivity (Wildman–Crippen MR) is 77.8 cm³/mol. The molecule has 1 heterocycles. The summed E-state index contributed by atoms with van der Waals surface area (Å²) in [7, 11) is 0. The Morgan fingerprint density at radius 2 is 2.24 bits per heavy atom. The largest absolute Gasteiger partial charge is 0.308 e. The molecule has 17 heavy (non-hydrogen) atoms. The molecule has 2 rings (SSSR count). The highest BCUT2D eigenvalue weighted by Crippen LogP contribution is 2.33. The van der Waals surface area contributed by atoms with E-state index in [1.807, 2.05) is 17.8 Å². The summed E-state index contributed by atoms with van der Waals surface area (Å²) in [6.45, 7) is 9.81. The number of thioether (sulfide) groups is 1. The van der Waals surface area contributed by atoms with E-state index in [1.165, 1.54) is 51.1 Å². The van der Waals surface area contributed by atoms with Crippen molar-refractivity contribution in [2.45, 2.75) is 44.2 Å².